The molecule has 5 rings (SSSR count). The quantitative estimate of drug-likeness (QED) is 0.370. The molecule has 0 amide bonds. The van der Waals surface area contributed by atoms with Crippen molar-refractivity contribution in [2.24, 2.45) is 4.99 Å². The minimum Gasteiger partial charge on any atom is -0.496 e. The van der Waals surface area contributed by atoms with Crippen molar-refractivity contribution in [2.75, 3.05) is 7.11 Å². The predicted octanol–water partition coefficient (Wildman–Crippen LogP) is 5.64. The molecule has 0 aliphatic carbocycles. The van der Waals surface area contributed by atoms with Gasteiger partial charge in [-0.05, 0) is 42.3 Å². The van der Waals surface area contributed by atoms with Crippen LogP contribution in [-0.2, 0) is 6.42 Å². The number of para-hydroxylation sites is 3. The number of aromatic nitrogens is 2. The molecule has 5 heteroatoms. The highest BCUT2D eigenvalue weighted by atomic mass is 16.5. The lowest BCUT2D eigenvalue weighted by molar-refractivity contribution is 0.414. The maximum Gasteiger partial charge on any atom is 0.244 e. The summed E-state index contributed by atoms with van der Waals surface area (Å²) in [6.07, 6.45) is 2.54. The Morgan fingerprint density at radius 1 is 1.00 bits per heavy atom. The van der Waals surface area contributed by atoms with Crippen molar-refractivity contribution in [2.45, 2.75) is 13.3 Å². The number of methoxy groups -OCH3 is 1. The highest BCUT2D eigenvalue weighted by Crippen LogP contribution is 2.43. The third kappa shape index (κ3) is 3.14. The van der Waals surface area contributed by atoms with Crippen LogP contribution in [0.25, 0.3) is 5.69 Å². The summed E-state index contributed by atoms with van der Waals surface area (Å²) in [5.74, 6) is 3.03. The number of fused-ring (bicyclic) bond motifs is 2. The van der Waals surface area contributed by atoms with Gasteiger partial charge in [-0.1, -0.05) is 48.5 Å². The molecule has 1 aliphatic heterocycles. The Morgan fingerprint density at radius 3 is 2.63 bits per heavy atom. The van der Waals surface area contributed by atoms with Crippen LogP contribution in [0.15, 0.2) is 77.8 Å². The summed E-state index contributed by atoms with van der Waals surface area (Å²) in [7, 11) is 1.66. The molecule has 0 bridgehead atoms. The van der Waals surface area contributed by atoms with Gasteiger partial charge in [0, 0.05) is 18.2 Å². The summed E-state index contributed by atoms with van der Waals surface area (Å²) in [6, 6.07) is 24.0. The maximum atomic E-state index is 6.22. The average Bonchev–Trinajstić information content (AvgIpc) is 3.15. The molecule has 0 spiro atoms. The third-order valence-electron chi connectivity index (χ3n) is 5.24. The monoisotopic (exact) mass is 395 g/mol. The Labute approximate surface area is 175 Å². The Hall–Kier alpha value is -3.86. The Bertz CT molecular complexity index is 1240. The van der Waals surface area contributed by atoms with E-state index in [9.17, 15) is 0 Å². The first kappa shape index (κ1) is 18.2. The van der Waals surface area contributed by atoms with Crippen LogP contribution >= 0.6 is 0 Å². The van der Waals surface area contributed by atoms with E-state index in [2.05, 4.69) is 25.1 Å². The largest absolute Gasteiger partial charge is 0.496 e. The Morgan fingerprint density at radius 2 is 1.80 bits per heavy atom. The molecule has 0 fully saturated rings. The zero-order chi connectivity index (χ0) is 20.5. The van der Waals surface area contributed by atoms with Gasteiger partial charge >= 0.3 is 0 Å². The van der Waals surface area contributed by atoms with Crippen molar-refractivity contribution in [3.8, 4) is 23.1 Å². The molecular weight excluding hydrogens is 374 g/mol. The van der Waals surface area contributed by atoms with Crippen LogP contribution in [0.3, 0.4) is 0 Å². The van der Waals surface area contributed by atoms with E-state index in [0.717, 1.165) is 51.7 Å². The van der Waals surface area contributed by atoms with Crippen LogP contribution in [-0.4, -0.2) is 23.1 Å². The first-order valence-electron chi connectivity index (χ1n) is 9.85. The van der Waals surface area contributed by atoms with Crippen LogP contribution in [0.1, 0.15) is 22.3 Å². The van der Waals surface area contributed by atoms with Gasteiger partial charge in [0.05, 0.1) is 18.4 Å². The second kappa shape index (κ2) is 7.52. The number of rotatable bonds is 4. The van der Waals surface area contributed by atoms with Crippen LogP contribution in [0.5, 0.6) is 17.4 Å². The average molecular weight is 395 g/mol. The van der Waals surface area contributed by atoms with E-state index in [-0.39, 0.29) is 0 Å². The number of benzene rings is 3. The highest BCUT2D eigenvalue weighted by molar-refractivity contribution is 5.85. The molecule has 30 heavy (non-hydrogen) atoms. The molecule has 1 aromatic heterocycles. The summed E-state index contributed by atoms with van der Waals surface area (Å²) in [5.41, 5.74) is 5.06. The molecule has 0 atom stereocenters. The number of nitrogens with zero attached hydrogens (tertiary/aromatic N) is 3. The van der Waals surface area contributed by atoms with Gasteiger partial charge in [0.25, 0.3) is 0 Å². The van der Waals surface area contributed by atoms with E-state index < -0.39 is 0 Å². The van der Waals surface area contributed by atoms with Crippen LogP contribution in [0.2, 0.25) is 0 Å². The molecular formula is C25H21N3O2. The van der Waals surface area contributed by atoms with Gasteiger partial charge in [0.15, 0.2) is 5.82 Å². The lowest BCUT2D eigenvalue weighted by Gasteiger charge is -2.17. The van der Waals surface area contributed by atoms with Crippen molar-refractivity contribution >= 4 is 12.0 Å². The van der Waals surface area contributed by atoms with Gasteiger partial charge < -0.3 is 9.47 Å². The van der Waals surface area contributed by atoms with Crippen LogP contribution < -0.4 is 9.47 Å². The second-order valence-corrected chi connectivity index (χ2v) is 7.20. The molecule has 0 saturated carbocycles. The molecule has 1 aliphatic rings. The zero-order valence-corrected chi connectivity index (χ0v) is 16.9. The summed E-state index contributed by atoms with van der Waals surface area (Å²) in [5, 5.41) is 4.77. The fraction of sp³-hybridized carbons (Fsp3) is 0.120. The van der Waals surface area contributed by atoms with Crippen LogP contribution in [0.4, 0.5) is 5.82 Å². The van der Waals surface area contributed by atoms with E-state index in [1.54, 1.807) is 7.11 Å². The van der Waals surface area contributed by atoms with Gasteiger partial charge in [0.1, 0.15) is 11.5 Å². The molecule has 148 valence electrons. The smallest absolute Gasteiger partial charge is 0.244 e. The maximum absolute atomic E-state index is 6.22. The first-order chi connectivity index (χ1) is 14.7. The molecule has 0 saturated heterocycles. The molecule has 0 unspecified atom stereocenters. The second-order valence-electron chi connectivity index (χ2n) is 7.20. The Balaban J connectivity index is 1.64. The van der Waals surface area contributed by atoms with E-state index in [4.69, 9.17) is 19.6 Å². The summed E-state index contributed by atoms with van der Waals surface area (Å²) < 4.78 is 13.5. The molecule has 3 aromatic carbocycles. The molecule has 0 radical (unpaired) electrons. The number of aryl methyl sites for hydroxylation is 1. The zero-order valence-electron chi connectivity index (χ0n) is 16.9. The predicted molar refractivity (Wildman–Crippen MR) is 118 cm³/mol. The third-order valence-corrected chi connectivity index (χ3v) is 5.24. The fourth-order valence-electron chi connectivity index (χ4n) is 3.73. The van der Waals surface area contributed by atoms with Crippen molar-refractivity contribution in [3.63, 3.8) is 0 Å². The lowest BCUT2D eigenvalue weighted by Crippen LogP contribution is -2.03. The van der Waals surface area contributed by atoms with E-state index >= 15 is 0 Å². The lowest BCUT2D eigenvalue weighted by atomic mass is 10.0. The summed E-state index contributed by atoms with van der Waals surface area (Å²) in [4.78, 5) is 4.85. The minimum absolute atomic E-state index is 0.604. The van der Waals surface area contributed by atoms with Crippen molar-refractivity contribution in [1.29, 1.82) is 0 Å². The molecule has 4 aromatic rings. The fourth-order valence-corrected chi connectivity index (χ4v) is 3.73. The number of hydrogen-bond donors (Lipinski definition) is 0. The van der Waals surface area contributed by atoms with Gasteiger partial charge in [-0.2, -0.15) is 0 Å². The number of ether oxygens (including phenoxy) is 2. The summed E-state index contributed by atoms with van der Waals surface area (Å²) >= 11 is 0. The standard InChI is InChI=1S/C25H21N3O2/c1-17-9-8-11-18-15-21-24(26-16-19-10-6-7-14-22(19)29-2)28(20-12-4-3-5-13-20)27-25(21)30-23(17)18/h3-14,16H,15H2,1-2H3. The van der Waals surface area contributed by atoms with Gasteiger partial charge in [0.2, 0.25) is 5.88 Å². The summed E-state index contributed by atoms with van der Waals surface area (Å²) in [6.45, 7) is 2.05. The van der Waals surface area contributed by atoms with E-state index in [0.29, 0.717) is 5.88 Å². The van der Waals surface area contributed by atoms with Crippen molar-refractivity contribution in [1.82, 2.24) is 9.78 Å². The molecule has 2 heterocycles. The number of hydrogen-bond acceptors (Lipinski definition) is 4. The van der Waals surface area contributed by atoms with Gasteiger partial charge in [-0.15, -0.1) is 5.10 Å². The Kier molecular flexibility index (Phi) is 4.56. The SMILES string of the molecule is COc1ccccc1C=Nc1c2c(nn1-c1ccccc1)Oc1c(C)cccc1C2. The van der Waals surface area contributed by atoms with Crippen LogP contribution in [0, 0.1) is 6.92 Å². The highest BCUT2D eigenvalue weighted by Gasteiger charge is 2.27. The first-order valence-corrected chi connectivity index (χ1v) is 9.85. The van der Waals surface area contributed by atoms with Gasteiger partial charge in [-0.3, -0.25) is 0 Å². The van der Waals surface area contributed by atoms with E-state index in [1.165, 1.54) is 0 Å². The topological polar surface area (TPSA) is 48.6 Å². The van der Waals surface area contributed by atoms with E-state index in [1.807, 2.05) is 65.5 Å². The van der Waals surface area contributed by atoms with Crippen molar-refractivity contribution < 1.29 is 9.47 Å². The molecule has 0 N–H and O–H groups in total. The number of aliphatic imine (C=N–C) groups is 1. The van der Waals surface area contributed by atoms with Crippen molar-refractivity contribution in [3.05, 3.63) is 95.1 Å². The normalized spacial score (nSPS) is 12.3. The minimum atomic E-state index is 0.604. The van der Waals surface area contributed by atoms with Gasteiger partial charge in [-0.25, -0.2) is 9.67 Å². The molecule has 5 nitrogen and oxygen atoms in total.